The molecule has 2 aromatic heterocycles. The summed E-state index contributed by atoms with van der Waals surface area (Å²) in [5.74, 6) is 0.574. The molecule has 0 fully saturated rings. The number of halogens is 1. The van der Waals surface area contributed by atoms with Crippen LogP contribution in [0.25, 0.3) is 0 Å². The van der Waals surface area contributed by atoms with E-state index in [1.54, 1.807) is 18.5 Å². The molecule has 0 bridgehead atoms. The predicted molar refractivity (Wildman–Crippen MR) is 97.1 cm³/mol. The molecule has 122 valence electrons. The van der Waals surface area contributed by atoms with Crippen molar-refractivity contribution in [3.05, 3.63) is 76.4 Å². The lowest BCUT2D eigenvalue weighted by Crippen LogP contribution is -2.14. The average Bonchev–Trinajstić information content (AvgIpc) is 3.09. The first-order valence-corrected chi connectivity index (χ1v) is 8.21. The summed E-state index contributed by atoms with van der Waals surface area (Å²) >= 11 is 3.41. The van der Waals surface area contributed by atoms with Crippen LogP contribution in [-0.2, 0) is 6.54 Å². The SMILES string of the molecule is Cc1cc(Br)ccc1NC(=O)c1cc(NCc2ccco2)ccn1. The van der Waals surface area contributed by atoms with Gasteiger partial charge >= 0.3 is 0 Å². The number of aryl methyl sites for hydroxylation is 1. The van der Waals surface area contributed by atoms with Crippen LogP contribution in [0.1, 0.15) is 21.8 Å². The standard InChI is InChI=1S/C18H16BrN3O2/c1-12-9-13(19)4-5-16(12)22-18(23)17-10-14(6-7-20-17)21-11-15-3-2-8-24-15/h2-10H,11H2,1H3,(H,20,21)(H,22,23). The number of anilines is 2. The van der Waals surface area contributed by atoms with Gasteiger partial charge in [-0.2, -0.15) is 0 Å². The monoisotopic (exact) mass is 385 g/mol. The highest BCUT2D eigenvalue weighted by atomic mass is 79.9. The van der Waals surface area contributed by atoms with Crippen molar-refractivity contribution < 1.29 is 9.21 Å². The largest absolute Gasteiger partial charge is 0.467 e. The van der Waals surface area contributed by atoms with Gasteiger partial charge in [-0.25, -0.2) is 0 Å². The van der Waals surface area contributed by atoms with Crippen molar-refractivity contribution in [3.8, 4) is 0 Å². The van der Waals surface area contributed by atoms with Crippen molar-refractivity contribution in [1.82, 2.24) is 4.98 Å². The molecular weight excluding hydrogens is 370 g/mol. The Morgan fingerprint density at radius 1 is 1.25 bits per heavy atom. The van der Waals surface area contributed by atoms with Gasteiger partial charge in [0.25, 0.3) is 5.91 Å². The smallest absolute Gasteiger partial charge is 0.274 e. The molecule has 3 rings (SSSR count). The first kappa shape index (κ1) is 16.3. The van der Waals surface area contributed by atoms with Crippen LogP contribution >= 0.6 is 15.9 Å². The molecule has 2 N–H and O–H groups in total. The van der Waals surface area contributed by atoms with Gasteiger partial charge in [0, 0.05) is 22.0 Å². The van der Waals surface area contributed by atoms with Crippen molar-refractivity contribution in [2.24, 2.45) is 0 Å². The summed E-state index contributed by atoms with van der Waals surface area (Å²) in [6.07, 6.45) is 3.23. The van der Waals surface area contributed by atoms with Crippen molar-refractivity contribution in [3.63, 3.8) is 0 Å². The van der Waals surface area contributed by atoms with E-state index in [0.717, 1.165) is 27.2 Å². The number of benzene rings is 1. The van der Waals surface area contributed by atoms with Gasteiger partial charge in [0.2, 0.25) is 0 Å². The summed E-state index contributed by atoms with van der Waals surface area (Å²) in [6.45, 7) is 2.49. The van der Waals surface area contributed by atoms with E-state index in [4.69, 9.17) is 4.42 Å². The molecule has 24 heavy (non-hydrogen) atoms. The highest BCUT2D eigenvalue weighted by Gasteiger charge is 2.10. The van der Waals surface area contributed by atoms with Gasteiger partial charge < -0.3 is 15.1 Å². The molecule has 1 aromatic carbocycles. The Labute approximate surface area is 148 Å². The quantitative estimate of drug-likeness (QED) is 0.672. The van der Waals surface area contributed by atoms with Crippen LogP contribution in [0.15, 0.2) is 63.8 Å². The van der Waals surface area contributed by atoms with Gasteiger partial charge in [-0.05, 0) is 55.0 Å². The number of pyridine rings is 1. The molecule has 0 aliphatic rings. The molecular formula is C18H16BrN3O2. The van der Waals surface area contributed by atoms with Crippen LogP contribution in [0.2, 0.25) is 0 Å². The maximum absolute atomic E-state index is 12.4. The number of rotatable bonds is 5. The minimum absolute atomic E-state index is 0.248. The number of carbonyl (C=O) groups excluding carboxylic acids is 1. The molecule has 0 aliphatic carbocycles. The number of hydrogen-bond donors (Lipinski definition) is 2. The highest BCUT2D eigenvalue weighted by molar-refractivity contribution is 9.10. The van der Waals surface area contributed by atoms with E-state index in [1.165, 1.54) is 0 Å². The Hall–Kier alpha value is -2.60. The molecule has 3 aromatic rings. The molecule has 0 unspecified atom stereocenters. The predicted octanol–water partition coefficient (Wildman–Crippen LogP) is 4.61. The molecule has 0 saturated heterocycles. The van der Waals surface area contributed by atoms with Gasteiger partial charge in [-0.1, -0.05) is 15.9 Å². The number of hydrogen-bond acceptors (Lipinski definition) is 4. The second-order valence-electron chi connectivity index (χ2n) is 5.28. The van der Waals surface area contributed by atoms with E-state index in [0.29, 0.717) is 12.2 Å². The first-order valence-electron chi connectivity index (χ1n) is 7.41. The Bertz CT molecular complexity index is 847. The molecule has 0 radical (unpaired) electrons. The fraction of sp³-hybridized carbons (Fsp3) is 0.111. The molecule has 2 heterocycles. The van der Waals surface area contributed by atoms with Crippen molar-refractivity contribution in [1.29, 1.82) is 0 Å². The van der Waals surface area contributed by atoms with E-state index in [9.17, 15) is 4.79 Å². The lowest BCUT2D eigenvalue weighted by molar-refractivity contribution is 0.102. The van der Waals surface area contributed by atoms with Crippen LogP contribution in [-0.4, -0.2) is 10.9 Å². The Balaban J connectivity index is 1.69. The maximum Gasteiger partial charge on any atom is 0.274 e. The molecule has 6 heteroatoms. The Morgan fingerprint density at radius 2 is 2.12 bits per heavy atom. The highest BCUT2D eigenvalue weighted by Crippen LogP contribution is 2.21. The zero-order valence-electron chi connectivity index (χ0n) is 13.0. The maximum atomic E-state index is 12.4. The minimum Gasteiger partial charge on any atom is -0.467 e. The molecule has 0 saturated carbocycles. The Kier molecular flexibility index (Phi) is 4.96. The average molecular weight is 386 g/mol. The van der Waals surface area contributed by atoms with Crippen molar-refractivity contribution >= 4 is 33.2 Å². The van der Waals surface area contributed by atoms with Crippen LogP contribution in [0.5, 0.6) is 0 Å². The van der Waals surface area contributed by atoms with E-state index in [-0.39, 0.29) is 5.91 Å². The summed E-state index contributed by atoms with van der Waals surface area (Å²) in [4.78, 5) is 16.5. The summed E-state index contributed by atoms with van der Waals surface area (Å²) in [5, 5.41) is 6.09. The lowest BCUT2D eigenvalue weighted by Gasteiger charge is -2.10. The number of aromatic nitrogens is 1. The van der Waals surface area contributed by atoms with Crippen LogP contribution in [0.4, 0.5) is 11.4 Å². The third-order valence-corrected chi connectivity index (χ3v) is 3.97. The van der Waals surface area contributed by atoms with Crippen molar-refractivity contribution in [2.75, 3.05) is 10.6 Å². The number of nitrogens with zero attached hydrogens (tertiary/aromatic N) is 1. The third kappa shape index (κ3) is 4.02. The van der Waals surface area contributed by atoms with E-state index in [2.05, 4.69) is 31.5 Å². The lowest BCUT2D eigenvalue weighted by atomic mass is 10.2. The number of nitrogens with one attached hydrogen (secondary N) is 2. The van der Waals surface area contributed by atoms with Crippen LogP contribution < -0.4 is 10.6 Å². The summed E-state index contributed by atoms with van der Waals surface area (Å²) in [6, 6.07) is 12.9. The second-order valence-corrected chi connectivity index (χ2v) is 6.19. The van der Waals surface area contributed by atoms with Crippen molar-refractivity contribution in [2.45, 2.75) is 13.5 Å². The van der Waals surface area contributed by atoms with E-state index >= 15 is 0 Å². The van der Waals surface area contributed by atoms with Gasteiger partial charge in [0.1, 0.15) is 11.5 Å². The summed E-state index contributed by atoms with van der Waals surface area (Å²) in [7, 11) is 0. The number of amides is 1. The molecule has 0 atom stereocenters. The zero-order valence-corrected chi connectivity index (χ0v) is 14.6. The minimum atomic E-state index is -0.248. The van der Waals surface area contributed by atoms with Crippen LogP contribution in [0.3, 0.4) is 0 Å². The summed E-state index contributed by atoms with van der Waals surface area (Å²) in [5.41, 5.74) is 2.89. The van der Waals surface area contributed by atoms with Gasteiger partial charge in [-0.15, -0.1) is 0 Å². The molecule has 1 amide bonds. The first-order chi connectivity index (χ1) is 11.6. The topological polar surface area (TPSA) is 67.2 Å². The third-order valence-electron chi connectivity index (χ3n) is 3.48. The van der Waals surface area contributed by atoms with Crippen LogP contribution in [0, 0.1) is 6.92 Å². The van der Waals surface area contributed by atoms with Gasteiger partial charge in [-0.3, -0.25) is 9.78 Å². The number of furan rings is 1. The normalized spacial score (nSPS) is 10.4. The summed E-state index contributed by atoms with van der Waals surface area (Å²) < 4.78 is 6.25. The van der Waals surface area contributed by atoms with E-state index in [1.807, 2.05) is 43.3 Å². The zero-order chi connectivity index (χ0) is 16.9. The van der Waals surface area contributed by atoms with Gasteiger partial charge in [0.15, 0.2) is 0 Å². The molecule has 5 nitrogen and oxygen atoms in total. The molecule has 0 aliphatic heterocycles. The van der Waals surface area contributed by atoms with Gasteiger partial charge in [0.05, 0.1) is 12.8 Å². The van der Waals surface area contributed by atoms with E-state index < -0.39 is 0 Å². The fourth-order valence-electron chi connectivity index (χ4n) is 2.22. The second kappa shape index (κ2) is 7.31. The Morgan fingerprint density at radius 3 is 2.88 bits per heavy atom. The number of carbonyl (C=O) groups is 1. The fourth-order valence-corrected chi connectivity index (χ4v) is 2.70. The molecule has 0 spiro atoms.